The molecule has 0 aliphatic carbocycles. The normalized spacial score (nSPS) is 11.7. The molecule has 4 nitrogen and oxygen atoms in total. The number of anilines is 1. The zero-order chi connectivity index (χ0) is 15.2. The van der Waals surface area contributed by atoms with Crippen molar-refractivity contribution in [2.45, 2.75) is 20.8 Å². The Kier molecular flexibility index (Phi) is 6.46. The van der Waals surface area contributed by atoms with E-state index >= 15 is 0 Å². The van der Waals surface area contributed by atoms with Crippen LogP contribution in [-0.4, -0.2) is 37.0 Å². The Balaban J connectivity index is 2.55. The van der Waals surface area contributed by atoms with E-state index in [0.717, 1.165) is 18.8 Å². The van der Waals surface area contributed by atoms with Gasteiger partial charge >= 0.3 is 0 Å². The lowest BCUT2D eigenvalue weighted by Gasteiger charge is -2.30. The van der Waals surface area contributed by atoms with Gasteiger partial charge in [-0.1, -0.05) is 38.4 Å². The van der Waals surface area contributed by atoms with Gasteiger partial charge in [0.2, 0.25) is 5.91 Å². The van der Waals surface area contributed by atoms with E-state index in [2.05, 4.69) is 24.1 Å². The number of amides is 1. The number of rotatable bonds is 7. The molecule has 1 amide bonds. The maximum Gasteiger partial charge on any atom is 0.238 e. The summed E-state index contributed by atoms with van der Waals surface area (Å²) in [5.41, 5.74) is 6.46. The quantitative estimate of drug-likeness (QED) is 0.813. The number of hydrogen-bond donors (Lipinski definition) is 2. The predicted molar refractivity (Wildman–Crippen MR) is 85.0 cm³/mol. The van der Waals surface area contributed by atoms with Crippen LogP contribution in [0.3, 0.4) is 0 Å². The third-order valence-electron chi connectivity index (χ3n) is 3.13. The first kappa shape index (κ1) is 17.0. The van der Waals surface area contributed by atoms with Crippen LogP contribution in [0.1, 0.15) is 20.8 Å². The van der Waals surface area contributed by atoms with E-state index in [4.69, 9.17) is 17.3 Å². The SMILES string of the molecule is CCN(CC(=O)Nc1cccc(Cl)c1)CC(C)(C)CN. The number of nitrogens with two attached hydrogens (primary N) is 1. The molecule has 1 rings (SSSR count). The molecule has 0 aromatic heterocycles. The van der Waals surface area contributed by atoms with Crippen LogP contribution in [0.4, 0.5) is 5.69 Å². The largest absolute Gasteiger partial charge is 0.330 e. The lowest BCUT2D eigenvalue weighted by molar-refractivity contribution is -0.117. The van der Waals surface area contributed by atoms with E-state index in [9.17, 15) is 4.79 Å². The highest BCUT2D eigenvalue weighted by Crippen LogP contribution is 2.16. The van der Waals surface area contributed by atoms with Crippen LogP contribution >= 0.6 is 11.6 Å². The van der Waals surface area contributed by atoms with Crippen molar-refractivity contribution in [3.63, 3.8) is 0 Å². The average Bonchev–Trinajstić information content (AvgIpc) is 2.37. The Bertz CT molecular complexity index is 448. The molecule has 0 fully saturated rings. The van der Waals surface area contributed by atoms with Gasteiger partial charge in [0.1, 0.15) is 0 Å². The Hall–Kier alpha value is -1.10. The highest BCUT2D eigenvalue weighted by atomic mass is 35.5. The van der Waals surface area contributed by atoms with Crippen molar-refractivity contribution < 1.29 is 4.79 Å². The summed E-state index contributed by atoms with van der Waals surface area (Å²) in [6.07, 6.45) is 0. The van der Waals surface area contributed by atoms with Crippen LogP contribution in [-0.2, 0) is 4.79 Å². The van der Waals surface area contributed by atoms with Crippen LogP contribution in [0.25, 0.3) is 0 Å². The van der Waals surface area contributed by atoms with Gasteiger partial charge in [-0.2, -0.15) is 0 Å². The van der Waals surface area contributed by atoms with Gasteiger partial charge in [-0.15, -0.1) is 0 Å². The lowest BCUT2D eigenvalue weighted by atomic mass is 9.93. The molecule has 0 atom stereocenters. The van der Waals surface area contributed by atoms with Crippen LogP contribution in [0.5, 0.6) is 0 Å². The second-order valence-electron chi connectivity index (χ2n) is 5.73. The van der Waals surface area contributed by atoms with E-state index in [1.165, 1.54) is 0 Å². The fraction of sp³-hybridized carbons (Fsp3) is 0.533. The van der Waals surface area contributed by atoms with Gasteiger partial charge in [-0.05, 0) is 36.7 Å². The molecule has 112 valence electrons. The standard InChI is InChI=1S/C15H24ClN3O/c1-4-19(11-15(2,3)10-17)9-14(20)18-13-7-5-6-12(16)8-13/h5-8H,4,9-11,17H2,1-3H3,(H,18,20). The predicted octanol–water partition coefficient (Wildman–Crippen LogP) is 2.59. The zero-order valence-corrected chi connectivity index (χ0v) is 13.2. The number of nitrogens with one attached hydrogen (secondary N) is 1. The van der Waals surface area contributed by atoms with Gasteiger partial charge in [0.15, 0.2) is 0 Å². The molecule has 5 heteroatoms. The Labute approximate surface area is 126 Å². The van der Waals surface area contributed by atoms with Crippen molar-refractivity contribution in [2.75, 3.05) is 31.5 Å². The van der Waals surface area contributed by atoms with Gasteiger partial charge in [0.25, 0.3) is 0 Å². The molecule has 1 aromatic carbocycles. The van der Waals surface area contributed by atoms with Crippen molar-refractivity contribution in [1.82, 2.24) is 4.90 Å². The number of hydrogen-bond acceptors (Lipinski definition) is 3. The molecule has 1 aromatic rings. The van der Waals surface area contributed by atoms with Crippen LogP contribution in [0, 0.1) is 5.41 Å². The first-order chi connectivity index (χ1) is 9.36. The topological polar surface area (TPSA) is 58.4 Å². The highest BCUT2D eigenvalue weighted by Gasteiger charge is 2.20. The van der Waals surface area contributed by atoms with Crippen molar-refractivity contribution in [3.05, 3.63) is 29.3 Å². The van der Waals surface area contributed by atoms with Crippen molar-refractivity contribution >= 4 is 23.2 Å². The smallest absolute Gasteiger partial charge is 0.238 e. The highest BCUT2D eigenvalue weighted by molar-refractivity contribution is 6.30. The molecule has 0 aliphatic rings. The summed E-state index contributed by atoms with van der Waals surface area (Å²) in [7, 11) is 0. The molecule has 0 bridgehead atoms. The molecule has 0 saturated carbocycles. The van der Waals surface area contributed by atoms with Gasteiger partial charge in [-0.25, -0.2) is 0 Å². The van der Waals surface area contributed by atoms with E-state index in [-0.39, 0.29) is 11.3 Å². The van der Waals surface area contributed by atoms with Gasteiger partial charge < -0.3 is 11.1 Å². The number of likely N-dealkylation sites (N-methyl/N-ethyl adjacent to an activating group) is 1. The lowest BCUT2D eigenvalue weighted by Crippen LogP contribution is -2.42. The third-order valence-corrected chi connectivity index (χ3v) is 3.36. The van der Waals surface area contributed by atoms with E-state index in [1.807, 2.05) is 19.1 Å². The molecule has 0 saturated heterocycles. The molecule has 0 spiro atoms. The zero-order valence-electron chi connectivity index (χ0n) is 12.4. The summed E-state index contributed by atoms with van der Waals surface area (Å²) in [5.74, 6) is -0.0399. The fourth-order valence-electron chi connectivity index (χ4n) is 1.92. The summed E-state index contributed by atoms with van der Waals surface area (Å²) in [6, 6.07) is 7.15. The molecule has 0 aliphatic heterocycles. The molecular weight excluding hydrogens is 274 g/mol. The number of carbonyl (C=O) groups excluding carboxylic acids is 1. The first-order valence-electron chi connectivity index (χ1n) is 6.84. The Morgan fingerprint density at radius 3 is 2.70 bits per heavy atom. The van der Waals surface area contributed by atoms with Gasteiger partial charge in [0, 0.05) is 17.3 Å². The number of halogens is 1. The maximum atomic E-state index is 12.0. The third kappa shape index (κ3) is 5.90. The number of nitrogens with zero attached hydrogens (tertiary/aromatic N) is 1. The summed E-state index contributed by atoms with van der Waals surface area (Å²) < 4.78 is 0. The number of carbonyl (C=O) groups is 1. The molecular formula is C15H24ClN3O. The van der Waals surface area contributed by atoms with Gasteiger partial charge in [0.05, 0.1) is 6.54 Å². The van der Waals surface area contributed by atoms with Crippen LogP contribution in [0.15, 0.2) is 24.3 Å². The van der Waals surface area contributed by atoms with E-state index < -0.39 is 0 Å². The monoisotopic (exact) mass is 297 g/mol. The average molecular weight is 298 g/mol. The second-order valence-corrected chi connectivity index (χ2v) is 6.17. The van der Waals surface area contributed by atoms with Crippen LogP contribution in [0.2, 0.25) is 5.02 Å². The molecule has 0 unspecified atom stereocenters. The Morgan fingerprint density at radius 2 is 2.15 bits per heavy atom. The van der Waals surface area contributed by atoms with Crippen LogP contribution < -0.4 is 11.1 Å². The minimum absolute atomic E-state index is 0.00629. The summed E-state index contributed by atoms with van der Waals surface area (Å²) >= 11 is 5.89. The first-order valence-corrected chi connectivity index (χ1v) is 7.22. The minimum atomic E-state index is -0.0399. The minimum Gasteiger partial charge on any atom is -0.330 e. The molecule has 0 heterocycles. The summed E-state index contributed by atoms with van der Waals surface area (Å²) in [6.45, 7) is 8.80. The van der Waals surface area contributed by atoms with Crippen molar-refractivity contribution in [2.24, 2.45) is 11.1 Å². The Morgan fingerprint density at radius 1 is 1.45 bits per heavy atom. The van der Waals surface area contributed by atoms with E-state index in [0.29, 0.717) is 18.1 Å². The molecule has 20 heavy (non-hydrogen) atoms. The maximum absolute atomic E-state index is 12.0. The summed E-state index contributed by atoms with van der Waals surface area (Å²) in [4.78, 5) is 14.1. The second kappa shape index (κ2) is 7.62. The number of benzene rings is 1. The fourth-order valence-corrected chi connectivity index (χ4v) is 2.11. The van der Waals surface area contributed by atoms with Crippen molar-refractivity contribution in [3.8, 4) is 0 Å². The van der Waals surface area contributed by atoms with E-state index in [1.54, 1.807) is 12.1 Å². The molecule has 3 N–H and O–H groups in total. The van der Waals surface area contributed by atoms with Gasteiger partial charge in [-0.3, -0.25) is 9.69 Å². The summed E-state index contributed by atoms with van der Waals surface area (Å²) in [5, 5.41) is 3.47. The van der Waals surface area contributed by atoms with Crippen molar-refractivity contribution in [1.29, 1.82) is 0 Å². The molecule has 0 radical (unpaired) electrons.